The number of hydrogen-bond acceptors (Lipinski definition) is 5. The SMILES string of the molecule is Cl.O=C(c1ccc(N2CCC(OC3CCN(C4CCC4)CC3)CC2)cc1)N1CCOCC1. The molecule has 0 spiro atoms. The van der Waals surface area contributed by atoms with E-state index in [4.69, 9.17) is 9.47 Å². The number of anilines is 1. The second-order valence-corrected chi connectivity index (χ2v) is 9.59. The quantitative estimate of drug-likeness (QED) is 0.667. The summed E-state index contributed by atoms with van der Waals surface area (Å²) in [5, 5.41) is 0. The van der Waals surface area contributed by atoms with Gasteiger partial charge in [-0.15, -0.1) is 12.4 Å². The summed E-state index contributed by atoms with van der Waals surface area (Å²) in [6, 6.07) is 9.03. The first-order valence-corrected chi connectivity index (χ1v) is 12.4. The Morgan fingerprint density at radius 3 is 1.97 bits per heavy atom. The Bertz CT molecular complexity index is 720. The number of rotatable bonds is 5. The van der Waals surface area contributed by atoms with Crippen LogP contribution in [0.1, 0.15) is 55.3 Å². The first-order chi connectivity index (χ1) is 15.3. The van der Waals surface area contributed by atoms with E-state index in [0.29, 0.717) is 38.5 Å². The number of hydrogen-bond donors (Lipinski definition) is 0. The van der Waals surface area contributed by atoms with Gasteiger partial charge in [0.1, 0.15) is 0 Å². The van der Waals surface area contributed by atoms with Gasteiger partial charge in [-0.3, -0.25) is 4.79 Å². The van der Waals surface area contributed by atoms with Crippen molar-refractivity contribution in [3.63, 3.8) is 0 Å². The highest BCUT2D eigenvalue weighted by molar-refractivity contribution is 5.94. The molecule has 3 aliphatic heterocycles. The molecule has 1 aliphatic carbocycles. The molecule has 0 radical (unpaired) electrons. The van der Waals surface area contributed by atoms with Crippen molar-refractivity contribution in [3.8, 4) is 0 Å². The third-order valence-corrected chi connectivity index (χ3v) is 7.67. The molecule has 1 amide bonds. The van der Waals surface area contributed by atoms with Crippen LogP contribution in [0.25, 0.3) is 0 Å². The number of nitrogens with zero attached hydrogens (tertiary/aromatic N) is 3. The van der Waals surface area contributed by atoms with E-state index in [1.165, 1.54) is 50.9 Å². The van der Waals surface area contributed by atoms with Crippen LogP contribution < -0.4 is 4.90 Å². The summed E-state index contributed by atoms with van der Waals surface area (Å²) in [6.45, 7) is 7.17. The van der Waals surface area contributed by atoms with Crippen molar-refractivity contribution in [1.82, 2.24) is 9.80 Å². The van der Waals surface area contributed by atoms with Gasteiger partial charge in [0.15, 0.2) is 0 Å². The number of morpholine rings is 1. The van der Waals surface area contributed by atoms with Crippen LogP contribution in [0.2, 0.25) is 0 Å². The Balaban J connectivity index is 0.00000245. The number of ether oxygens (including phenoxy) is 2. The molecule has 6 nitrogen and oxygen atoms in total. The van der Waals surface area contributed by atoms with E-state index in [-0.39, 0.29) is 18.3 Å². The minimum Gasteiger partial charge on any atom is -0.378 e. The predicted molar refractivity (Wildman–Crippen MR) is 129 cm³/mol. The Hall–Kier alpha value is -1.34. The monoisotopic (exact) mass is 463 g/mol. The zero-order valence-corrected chi connectivity index (χ0v) is 19.9. The van der Waals surface area contributed by atoms with Gasteiger partial charge >= 0.3 is 0 Å². The largest absolute Gasteiger partial charge is 0.378 e. The third kappa shape index (κ3) is 5.58. The lowest BCUT2D eigenvalue weighted by molar-refractivity contribution is -0.0598. The maximum atomic E-state index is 12.6. The van der Waals surface area contributed by atoms with Gasteiger partial charge in [-0.25, -0.2) is 0 Å². The number of benzene rings is 1. The molecule has 1 saturated carbocycles. The molecule has 0 bridgehead atoms. The first-order valence-electron chi connectivity index (χ1n) is 12.4. The molecule has 0 N–H and O–H groups in total. The van der Waals surface area contributed by atoms with E-state index in [1.807, 2.05) is 17.0 Å². The topological polar surface area (TPSA) is 45.2 Å². The summed E-state index contributed by atoms with van der Waals surface area (Å²) in [5.41, 5.74) is 1.99. The molecule has 1 aromatic rings. The average molecular weight is 464 g/mol. The molecule has 178 valence electrons. The summed E-state index contributed by atoms with van der Waals surface area (Å²) in [4.78, 5) is 19.6. The Morgan fingerprint density at radius 1 is 0.812 bits per heavy atom. The smallest absolute Gasteiger partial charge is 0.254 e. The van der Waals surface area contributed by atoms with Gasteiger partial charge in [0.25, 0.3) is 5.91 Å². The van der Waals surface area contributed by atoms with E-state index in [2.05, 4.69) is 21.9 Å². The molecule has 0 aromatic heterocycles. The molecular formula is C25H38ClN3O3. The zero-order chi connectivity index (χ0) is 21.0. The maximum absolute atomic E-state index is 12.6. The van der Waals surface area contributed by atoms with Crippen LogP contribution in [0.3, 0.4) is 0 Å². The van der Waals surface area contributed by atoms with Crippen LogP contribution in [-0.2, 0) is 9.47 Å². The maximum Gasteiger partial charge on any atom is 0.254 e. The van der Waals surface area contributed by atoms with Crippen molar-refractivity contribution < 1.29 is 14.3 Å². The summed E-state index contributed by atoms with van der Waals surface area (Å²) in [7, 11) is 0. The van der Waals surface area contributed by atoms with Crippen LogP contribution in [-0.4, -0.2) is 86.4 Å². The van der Waals surface area contributed by atoms with Crippen molar-refractivity contribution in [2.45, 2.75) is 63.2 Å². The number of halogens is 1. The van der Waals surface area contributed by atoms with E-state index >= 15 is 0 Å². The fourth-order valence-corrected chi connectivity index (χ4v) is 5.41. The number of carbonyl (C=O) groups is 1. The van der Waals surface area contributed by atoms with E-state index in [9.17, 15) is 4.79 Å². The van der Waals surface area contributed by atoms with Crippen LogP contribution >= 0.6 is 12.4 Å². The van der Waals surface area contributed by atoms with Crippen molar-refractivity contribution in [3.05, 3.63) is 29.8 Å². The van der Waals surface area contributed by atoms with Gasteiger partial charge in [0.2, 0.25) is 0 Å². The highest BCUT2D eigenvalue weighted by Gasteiger charge is 2.31. The van der Waals surface area contributed by atoms with E-state index in [1.54, 1.807) is 0 Å². The Kier molecular flexibility index (Phi) is 8.32. The number of carbonyl (C=O) groups excluding carboxylic acids is 1. The van der Waals surface area contributed by atoms with Crippen LogP contribution in [0.5, 0.6) is 0 Å². The lowest BCUT2D eigenvalue weighted by Gasteiger charge is -2.43. The fraction of sp³-hybridized carbons (Fsp3) is 0.720. The summed E-state index contributed by atoms with van der Waals surface area (Å²) in [5.74, 6) is 0.116. The molecule has 0 atom stereocenters. The lowest BCUT2D eigenvalue weighted by Crippen LogP contribution is -2.47. The number of piperidine rings is 2. The highest BCUT2D eigenvalue weighted by Crippen LogP contribution is 2.29. The predicted octanol–water partition coefficient (Wildman–Crippen LogP) is 3.58. The molecule has 5 rings (SSSR count). The minimum absolute atomic E-state index is 0. The van der Waals surface area contributed by atoms with Crippen molar-refractivity contribution in [1.29, 1.82) is 0 Å². The third-order valence-electron chi connectivity index (χ3n) is 7.67. The molecule has 0 unspecified atom stereocenters. The van der Waals surface area contributed by atoms with Crippen LogP contribution in [0, 0.1) is 0 Å². The molecule has 3 saturated heterocycles. The second-order valence-electron chi connectivity index (χ2n) is 9.59. The van der Waals surface area contributed by atoms with Gasteiger partial charge in [-0.05, 0) is 62.8 Å². The summed E-state index contributed by atoms with van der Waals surface area (Å²) in [6.07, 6.45) is 9.70. The first kappa shape index (κ1) is 23.8. The Morgan fingerprint density at radius 2 is 1.41 bits per heavy atom. The van der Waals surface area contributed by atoms with Crippen molar-refractivity contribution in [2.75, 3.05) is 57.4 Å². The van der Waals surface area contributed by atoms with Gasteiger partial charge in [-0.2, -0.15) is 0 Å². The Labute approximate surface area is 198 Å². The molecule has 1 aromatic carbocycles. The van der Waals surface area contributed by atoms with Crippen LogP contribution in [0.4, 0.5) is 5.69 Å². The normalized spacial score (nSPS) is 24.1. The van der Waals surface area contributed by atoms with Crippen LogP contribution in [0.15, 0.2) is 24.3 Å². The second kappa shape index (κ2) is 11.2. The average Bonchev–Trinajstić information content (AvgIpc) is 2.80. The van der Waals surface area contributed by atoms with Gasteiger partial charge in [0, 0.05) is 56.6 Å². The number of amides is 1. The molecule has 4 fully saturated rings. The zero-order valence-electron chi connectivity index (χ0n) is 19.1. The van der Waals surface area contributed by atoms with Gasteiger partial charge in [-0.1, -0.05) is 6.42 Å². The van der Waals surface area contributed by atoms with Crippen molar-refractivity contribution in [2.24, 2.45) is 0 Å². The molecule has 4 aliphatic rings. The molecular weight excluding hydrogens is 426 g/mol. The molecule has 3 heterocycles. The fourth-order valence-electron chi connectivity index (χ4n) is 5.41. The highest BCUT2D eigenvalue weighted by atomic mass is 35.5. The van der Waals surface area contributed by atoms with E-state index < -0.39 is 0 Å². The van der Waals surface area contributed by atoms with E-state index in [0.717, 1.165) is 37.5 Å². The molecule has 32 heavy (non-hydrogen) atoms. The standard InChI is InChI=1S/C25H37N3O3.ClH/c29-25(28-16-18-30-19-17-28)20-4-6-22(7-5-20)27-14-10-24(11-15-27)31-23-8-12-26(13-9-23)21-2-1-3-21;/h4-7,21,23-24H,1-3,8-19H2;1H. The summed E-state index contributed by atoms with van der Waals surface area (Å²) >= 11 is 0. The number of likely N-dealkylation sites (tertiary alicyclic amines) is 1. The summed E-state index contributed by atoms with van der Waals surface area (Å²) < 4.78 is 11.8. The molecule has 7 heteroatoms. The lowest BCUT2D eigenvalue weighted by atomic mass is 9.89. The van der Waals surface area contributed by atoms with Crippen molar-refractivity contribution >= 4 is 24.0 Å². The minimum atomic E-state index is 0. The van der Waals surface area contributed by atoms with Gasteiger partial charge < -0.3 is 24.2 Å². The van der Waals surface area contributed by atoms with Gasteiger partial charge in [0.05, 0.1) is 25.4 Å².